The van der Waals surface area contributed by atoms with E-state index in [1.165, 1.54) is 25.7 Å². The molecule has 1 unspecified atom stereocenters. The zero-order chi connectivity index (χ0) is 19.5. The van der Waals surface area contributed by atoms with Crippen LogP contribution in [0.4, 0.5) is 0 Å². The van der Waals surface area contributed by atoms with Gasteiger partial charge in [-0.25, -0.2) is 0 Å². The van der Waals surface area contributed by atoms with Crippen LogP contribution in [0.3, 0.4) is 0 Å². The standard InChI is InChI=1S/C22H42O4/c1-3-5-7-10-13-17-20(16-6-4-2)26-22(25)19-15-12-9-8-11-14-18-21(23)24/h20H,3-19H2,1-2H3,(H,23,24). The Labute approximate surface area is 161 Å². The highest BCUT2D eigenvalue weighted by atomic mass is 16.5. The molecule has 0 rings (SSSR count). The summed E-state index contributed by atoms with van der Waals surface area (Å²) in [5.74, 6) is -0.749. The summed E-state index contributed by atoms with van der Waals surface area (Å²) in [6.07, 6.45) is 17.2. The summed E-state index contributed by atoms with van der Waals surface area (Å²) in [6.45, 7) is 4.40. The minimum Gasteiger partial charge on any atom is -0.481 e. The van der Waals surface area contributed by atoms with E-state index in [0.29, 0.717) is 6.42 Å². The van der Waals surface area contributed by atoms with Crippen LogP contribution in [0.5, 0.6) is 0 Å². The van der Waals surface area contributed by atoms with Gasteiger partial charge in [0.15, 0.2) is 0 Å². The molecule has 0 aromatic heterocycles. The predicted octanol–water partition coefficient (Wildman–Crippen LogP) is 6.65. The number of aliphatic carboxylic acids is 1. The second-order valence-electron chi connectivity index (χ2n) is 7.47. The summed E-state index contributed by atoms with van der Waals surface area (Å²) in [4.78, 5) is 22.5. The van der Waals surface area contributed by atoms with Crippen molar-refractivity contribution in [3.8, 4) is 0 Å². The van der Waals surface area contributed by atoms with Crippen LogP contribution in [0.25, 0.3) is 0 Å². The molecule has 0 radical (unpaired) electrons. The van der Waals surface area contributed by atoms with Gasteiger partial charge in [0.25, 0.3) is 0 Å². The number of unbranched alkanes of at least 4 members (excludes halogenated alkanes) is 10. The Morgan fingerprint density at radius 3 is 1.81 bits per heavy atom. The highest BCUT2D eigenvalue weighted by Gasteiger charge is 2.13. The monoisotopic (exact) mass is 370 g/mol. The fourth-order valence-corrected chi connectivity index (χ4v) is 3.17. The van der Waals surface area contributed by atoms with Crippen LogP contribution in [0, 0.1) is 0 Å². The van der Waals surface area contributed by atoms with Crippen molar-refractivity contribution >= 4 is 11.9 Å². The number of hydrogen-bond donors (Lipinski definition) is 1. The maximum Gasteiger partial charge on any atom is 0.306 e. The van der Waals surface area contributed by atoms with Crippen molar-refractivity contribution in [2.75, 3.05) is 0 Å². The lowest BCUT2D eigenvalue weighted by Crippen LogP contribution is -2.18. The number of carboxylic acid groups (broad SMARTS) is 1. The van der Waals surface area contributed by atoms with Crippen molar-refractivity contribution in [2.24, 2.45) is 0 Å². The Bertz CT molecular complexity index is 341. The average molecular weight is 371 g/mol. The van der Waals surface area contributed by atoms with Crippen molar-refractivity contribution in [2.45, 2.75) is 129 Å². The molecular weight excluding hydrogens is 328 g/mol. The fraction of sp³-hybridized carbons (Fsp3) is 0.909. The molecule has 0 bridgehead atoms. The molecule has 1 atom stereocenters. The van der Waals surface area contributed by atoms with E-state index in [1.807, 2.05) is 0 Å². The summed E-state index contributed by atoms with van der Waals surface area (Å²) >= 11 is 0. The fourth-order valence-electron chi connectivity index (χ4n) is 3.17. The normalized spacial score (nSPS) is 12.1. The van der Waals surface area contributed by atoms with Crippen molar-refractivity contribution < 1.29 is 19.4 Å². The molecule has 0 heterocycles. The van der Waals surface area contributed by atoms with Crippen LogP contribution >= 0.6 is 0 Å². The van der Waals surface area contributed by atoms with Crippen LogP contribution in [0.15, 0.2) is 0 Å². The number of carbonyl (C=O) groups excluding carboxylic acids is 1. The van der Waals surface area contributed by atoms with Crippen LogP contribution in [0.2, 0.25) is 0 Å². The van der Waals surface area contributed by atoms with Gasteiger partial charge in [0, 0.05) is 12.8 Å². The van der Waals surface area contributed by atoms with Gasteiger partial charge in [-0.15, -0.1) is 0 Å². The smallest absolute Gasteiger partial charge is 0.306 e. The van der Waals surface area contributed by atoms with Crippen LogP contribution in [0.1, 0.15) is 123 Å². The van der Waals surface area contributed by atoms with Crippen LogP contribution in [-0.4, -0.2) is 23.1 Å². The van der Waals surface area contributed by atoms with Gasteiger partial charge < -0.3 is 9.84 Å². The molecule has 4 nitrogen and oxygen atoms in total. The van der Waals surface area contributed by atoms with Crippen molar-refractivity contribution in [3.63, 3.8) is 0 Å². The Hall–Kier alpha value is -1.06. The Kier molecular flexibility index (Phi) is 18.0. The molecule has 0 saturated carbocycles. The van der Waals surface area contributed by atoms with E-state index in [9.17, 15) is 9.59 Å². The van der Waals surface area contributed by atoms with Crippen LogP contribution < -0.4 is 0 Å². The maximum absolute atomic E-state index is 12.1. The lowest BCUT2D eigenvalue weighted by atomic mass is 10.0. The minimum absolute atomic E-state index is 0.0365. The summed E-state index contributed by atoms with van der Waals surface area (Å²) < 4.78 is 5.73. The van der Waals surface area contributed by atoms with E-state index < -0.39 is 5.97 Å². The molecule has 0 aliphatic carbocycles. The topological polar surface area (TPSA) is 63.6 Å². The molecule has 0 fully saturated rings. The molecule has 0 aromatic rings. The molecule has 0 aromatic carbocycles. The first-order valence-electron chi connectivity index (χ1n) is 11.0. The van der Waals surface area contributed by atoms with E-state index in [-0.39, 0.29) is 18.5 Å². The summed E-state index contributed by atoms with van der Waals surface area (Å²) in [5.41, 5.74) is 0. The summed E-state index contributed by atoms with van der Waals surface area (Å²) in [5, 5.41) is 8.58. The molecule has 0 spiro atoms. The average Bonchev–Trinajstić information content (AvgIpc) is 2.61. The lowest BCUT2D eigenvalue weighted by molar-refractivity contribution is -0.150. The first kappa shape index (κ1) is 24.9. The molecule has 0 aliphatic heterocycles. The third-order valence-corrected chi connectivity index (χ3v) is 4.83. The third kappa shape index (κ3) is 17.8. The maximum atomic E-state index is 12.1. The molecular formula is C22H42O4. The van der Waals surface area contributed by atoms with Gasteiger partial charge in [-0.2, -0.15) is 0 Å². The molecule has 0 aliphatic rings. The van der Waals surface area contributed by atoms with Crippen LogP contribution in [-0.2, 0) is 14.3 Å². The molecule has 1 N–H and O–H groups in total. The SMILES string of the molecule is CCCCCCCC(CCCC)OC(=O)CCCCCCCCC(=O)O. The summed E-state index contributed by atoms with van der Waals surface area (Å²) in [6, 6.07) is 0. The van der Waals surface area contributed by atoms with Crippen molar-refractivity contribution in [3.05, 3.63) is 0 Å². The van der Waals surface area contributed by atoms with Gasteiger partial charge in [0.2, 0.25) is 0 Å². The van der Waals surface area contributed by atoms with Gasteiger partial charge in [-0.3, -0.25) is 9.59 Å². The molecule has 26 heavy (non-hydrogen) atoms. The van der Waals surface area contributed by atoms with E-state index in [0.717, 1.165) is 70.6 Å². The van der Waals surface area contributed by atoms with E-state index in [2.05, 4.69) is 13.8 Å². The molecule has 4 heteroatoms. The number of hydrogen-bond acceptors (Lipinski definition) is 3. The second kappa shape index (κ2) is 18.7. The minimum atomic E-state index is -0.712. The number of ether oxygens (including phenoxy) is 1. The highest BCUT2D eigenvalue weighted by molar-refractivity contribution is 5.69. The zero-order valence-corrected chi connectivity index (χ0v) is 17.3. The van der Waals surface area contributed by atoms with Gasteiger partial charge in [-0.1, -0.05) is 78.1 Å². The van der Waals surface area contributed by atoms with Gasteiger partial charge in [0.05, 0.1) is 0 Å². The van der Waals surface area contributed by atoms with Crippen molar-refractivity contribution in [1.29, 1.82) is 0 Å². The Balaban J connectivity index is 3.75. The number of carbonyl (C=O) groups is 2. The van der Waals surface area contributed by atoms with Gasteiger partial charge in [0.1, 0.15) is 6.10 Å². The van der Waals surface area contributed by atoms with Gasteiger partial charge >= 0.3 is 11.9 Å². The highest BCUT2D eigenvalue weighted by Crippen LogP contribution is 2.16. The third-order valence-electron chi connectivity index (χ3n) is 4.83. The van der Waals surface area contributed by atoms with Gasteiger partial charge in [-0.05, 0) is 32.1 Å². The molecule has 0 saturated heterocycles. The van der Waals surface area contributed by atoms with E-state index in [1.54, 1.807) is 0 Å². The number of carboxylic acids is 1. The first-order valence-corrected chi connectivity index (χ1v) is 11.0. The molecule has 154 valence electrons. The molecule has 0 amide bonds. The van der Waals surface area contributed by atoms with E-state index >= 15 is 0 Å². The first-order chi connectivity index (χ1) is 12.6. The zero-order valence-electron chi connectivity index (χ0n) is 17.3. The van der Waals surface area contributed by atoms with Crippen molar-refractivity contribution in [1.82, 2.24) is 0 Å². The largest absolute Gasteiger partial charge is 0.481 e. The quantitative estimate of drug-likeness (QED) is 0.204. The predicted molar refractivity (Wildman–Crippen MR) is 107 cm³/mol. The lowest BCUT2D eigenvalue weighted by Gasteiger charge is -2.18. The number of rotatable bonds is 19. The van der Waals surface area contributed by atoms with E-state index in [4.69, 9.17) is 9.84 Å². The Morgan fingerprint density at radius 2 is 1.19 bits per heavy atom. The summed E-state index contributed by atoms with van der Waals surface area (Å²) in [7, 11) is 0. The number of esters is 1. The Morgan fingerprint density at radius 1 is 0.692 bits per heavy atom. The second-order valence-corrected chi connectivity index (χ2v) is 7.47.